The van der Waals surface area contributed by atoms with Crippen LogP contribution >= 0.6 is 11.6 Å². The number of carbonyl (C=O) groups is 1. The van der Waals surface area contributed by atoms with Crippen molar-refractivity contribution in [3.8, 4) is 5.75 Å². The molecule has 0 spiro atoms. The summed E-state index contributed by atoms with van der Waals surface area (Å²) in [6, 6.07) is 11.1. The van der Waals surface area contributed by atoms with Crippen LogP contribution in [0.25, 0.3) is 5.57 Å². The van der Waals surface area contributed by atoms with Gasteiger partial charge in [-0.1, -0.05) is 23.7 Å². The highest BCUT2D eigenvalue weighted by Gasteiger charge is 2.18. The molecule has 0 heterocycles. The van der Waals surface area contributed by atoms with E-state index in [1.807, 2.05) is 31.2 Å². The Hall–Kier alpha value is -2.13. The summed E-state index contributed by atoms with van der Waals surface area (Å²) in [4.78, 5) is 11.2. The number of ether oxygens (including phenoxy) is 1. The van der Waals surface area contributed by atoms with Crippen LogP contribution in [0, 0.1) is 12.7 Å². The molecule has 0 radical (unpaired) electrons. The van der Waals surface area contributed by atoms with Gasteiger partial charge in [0.25, 0.3) is 0 Å². The Morgan fingerprint density at radius 2 is 1.93 bits per heavy atom. The van der Waals surface area contributed by atoms with E-state index >= 15 is 0 Å². The standard InChI is InChI=1S/C23H24ClFO2/c1-15-12-23(22(25)13-18(15)7-6-16(2)26)27-14-19-4-3-5-21(19)17-8-10-20(24)11-9-17/h8-13H,3-7,14H2,1-2H3. The summed E-state index contributed by atoms with van der Waals surface area (Å²) < 4.78 is 20.3. The maximum absolute atomic E-state index is 14.5. The van der Waals surface area contributed by atoms with Crippen LogP contribution in [0.3, 0.4) is 0 Å². The largest absolute Gasteiger partial charge is 0.486 e. The van der Waals surface area contributed by atoms with Crippen molar-refractivity contribution in [1.82, 2.24) is 0 Å². The predicted octanol–water partition coefficient (Wildman–Crippen LogP) is 6.33. The molecule has 0 N–H and O–H groups in total. The number of allylic oxidation sites excluding steroid dienone is 1. The first-order chi connectivity index (χ1) is 12.9. The molecule has 1 aliphatic rings. The van der Waals surface area contributed by atoms with Crippen molar-refractivity contribution < 1.29 is 13.9 Å². The maximum Gasteiger partial charge on any atom is 0.165 e. The molecule has 2 nitrogen and oxygen atoms in total. The van der Waals surface area contributed by atoms with E-state index in [0.29, 0.717) is 19.4 Å². The molecule has 142 valence electrons. The van der Waals surface area contributed by atoms with Crippen molar-refractivity contribution >= 4 is 23.0 Å². The first-order valence-corrected chi connectivity index (χ1v) is 9.70. The summed E-state index contributed by atoms with van der Waals surface area (Å²) in [6.07, 6.45) is 4.05. The Morgan fingerprint density at radius 1 is 1.19 bits per heavy atom. The minimum atomic E-state index is -0.370. The van der Waals surface area contributed by atoms with Crippen LogP contribution in [0.1, 0.15) is 49.3 Å². The monoisotopic (exact) mass is 386 g/mol. The molecule has 0 atom stereocenters. The summed E-state index contributed by atoms with van der Waals surface area (Å²) in [5, 5.41) is 0.720. The van der Waals surface area contributed by atoms with Crippen LogP contribution in [-0.2, 0) is 11.2 Å². The summed E-state index contributed by atoms with van der Waals surface area (Å²) in [5.74, 6) is 0.0118. The molecule has 0 fully saturated rings. The van der Waals surface area contributed by atoms with Crippen LogP contribution in [0.4, 0.5) is 4.39 Å². The number of Topliss-reactive ketones (excluding diaryl/α,β-unsaturated/α-hetero) is 1. The SMILES string of the molecule is CC(=O)CCc1cc(F)c(OCC2=C(c3ccc(Cl)cc3)CCC2)cc1C. The lowest BCUT2D eigenvalue weighted by Crippen LogP contribution is -2.04. The predicted molar refractivity (Wildman–Crippen MR) is 108 cm³/mol. The van der Waals surface area contributed by atoms with Gasteiger partial charge >= 0.3 is 0 Å². The van der Waals surface area contributed by atoms with Crippen molar-refractivity contribution in [2.45, 2.75) is 46.0 Å². The number of ketones is 1. The molecule has 4 heteroatoms. The minimum absolute atomic E-state index is 0.109. The molecule has 0 aromatic heterocycles. The fraction of sp³-hybridized carbons (Fsp3) is 0.348. The Labute approximate surface area is 165 Å². The number of hydrogen-bond donors (Lipinski definition) is 0. The van der Waals surface area contributed by atoms with E-state index < -0.39 is 0 Å². The zero-order valence-corrected chi connectivity index (χ0v) is 16.5. The summed E-state index contributed by atoms with van der Waals surface area (Å²) in [7, 11) is 0. The van der Waals surface area contributed by atoms with Crippen LogP contribution in [0.5, 0.6) is 5.75 Å². The molecular formula is C23H24ClFO2. The van der Waals surface area contributed by atoms with Crippen LogP contribution in [0.15, 0.2) is 42.0 Å². The van der Waals surface area contributed by atoms with E-state index in [1.165, 1.54) is 17.2 Å². The van der Waals surface area contributed by atoms with Gasteiger partial charge in [0.05, 0.1) is 0 Å². The molecule has 2 aromatic rings. The quantitative estimate of drug-likeness (QED) is 0.556. The highest BCUT2D eigenvalue weighted by molar-refractivity contribution is 6.30. The van der Waals surface area contributed by atoms with E-state index in [2.05, 4.69) is 0 Å². The average Bonchev–Trinajstić information content (AvgIpc) is 3.10. The lowest BCUT2D eigenvalue weighted by atomic mass is 10.0. The zero-order chi connectivity index (χ0) is 19.4. The van der Waals surface area contributed by atoms with Gasteiger partial charge in [0, 0.05) is 11.4 Å². The van der Waals surface area contributed by atoms with Crippen molar-refractivity contribution in [1.29, 1.82) is 0 Å². The van der Waals surface area contributed by atoms with Gasteiger partial charge < -0.3 is 9.53 Å². The van der Waals surface area contributed by atoms with Crippen molar-refractivity contribution in [2.75, 3.05) is 6.61 Å². The summed E-state index contributed by atoms with van der Waals surface area (Å²) in [5.41, 5.74) is 5.46. The molecule has 2 aromatic carbocycles. The van der Waals surface area contributed by atoms with Gasteiger partial charge in [-0.2, -0.15) is 0 Å². The van der Waals surface area contributed by atoms with E-state index in [9.17, 15) is 9.18 Å². The topological polar surface area (TPSA) is 26.3 Å². The lowest BCUT2D eigenvalue weighted by molar-refractivity contribution is -0.116. The molecular weight excluding hydrogens is 363 g/mol. The average molecular weight is 387 g/mol. The fourth-order valence-electron chi connectivity index (χ4n) is 3.52. The Kier molecular flexibility index (Phi) is 6.33. The van der Waals surface area contributed by atoms with Gasteiger partial charge in [0.15, 0.2) is 11.6 Å². The Bertz CT molecular complexity index is 869. The Morgan fingerprint density at radius 3 is 2.63 bits per heavy atom. The van der Waals surface area contributed by atoms with Gasteiger partial charge in [-0.3, -0.25) is 0 Å². The third kappa shape index (κ3) is 4.98. The van der Waals surface area contributed by atoms with Crippen LogP contribution in [0.2, 0.25) is 5.02 Å². The fourth-order valence-corrected chi connectivity index (χ4v) is 3.64. The second kappa shape index (κ2) is 8.71. The first kappa shape index (κ1) is 19.6. The molecule has 3 rings (SSSR count). The number of hydrogen-bond acceptors (Lipinski definition) is 2. The number of benzene rings is 2. The van der Waals surface area contributed by atoms with E-state index in [-0.39, 0.29) is 17.3 Å². The summed E-state index contributed by atoms with van der Waals surface area (Å²) in [6.45, 7) is 3.87. The number of halogens is 2. The second-order valence-electron chi connectivity index (χ2n) is 7.14. The van der Waals surface area contributed by atoms with Crippen molar-refractivity contribution in [3.05, 3.63) is 69.5 Å². The van der Waals surface area contributed by atoms with Gasteiger partial charge in [-0.25, -0.2) is 4.39 Å². The Balaban J connectivity index is 1.73. The molecule has 0 aliphatic heterocycles. The third-order valence-electron chi connectivity index (χ3n) is 5.06. The molecule has 0 saturated carbocycles. The number of rotatable bonds is 7. The van der Waals surface area contributed by atoms with Crippen LogP contribution in [-0.4, -0.2) is 12.4 Å². The number of aryl methyl sites for hydroxylation is 2. The van der Waals surface area contributed by atoms with Gasteiger partial charge in [0.2, 0.25) is 0 Å². The van der Waals surface area contributed by atoms with E-state index in [0.717, 1.165) is 41.0 Å². The summed E-state index contributed by atoms with van der Waals surface area (Å²) >= 11 is 5.98. The van der Waals surface area contributed by atoms with E-state index in [4.69, 9.17) is 16.3 Å². The molecule has 0 unspecified atom stereocenters. The second-order valence-corrected chi connectivity index (χ2v) is 7.58. The molecule has 0 saturated heterocycles. The first-order valence-electron chi connectivity index (χ1n) is 9.32. The molecule has 27 heavy (non-hydrogen) atoms. The van der Waals surface area contributed by atoms with Crippen molar-refractivity contribution in [2.24, 2.45) is 0 Å². The lowest BCUT2D eigenvalue weighted by Gasteiger charge is -2.13. The van der Waals surface area contributed by atoms with Gasteiger partial charge in [0.1, 0.15) is 12.4 Å². The zero-order valence-electron chi connectivity index (χ0n) is 15.8. The minimum Gasteiger partial charge on any atom is -0.486 e. The van der Waals surface area contributed by atoms with E-state index in [1.54, 1.807) is 13.0 Å². The molecule has 0 bridgehead atoms. The van der Waals surface area contributed by atoms with Crippen LogP contribution < -0.4 is 4.74 Å². The highest BCUT2D eigenvalue weighted by Crippen LogP contribution is 2.35. The third-order valence-corrected chi connectivity index (χ3v) is 5.32. The van der Waals surface area contributed by atoms with Gasteiger partial charge in [-0.05, 0) is 91.6 Å². The number of carbonyl (C=O) groups excluding carboxylic acids is 1. The van der Waals surface area contributed by atoms with Crippen molar-refractivity contribution in [3.63, 3.8) is 0 Å². The molecule has 0 amide bonds. The molecule has 1 aliphatic carbocycles. The maximum atomic E-state index is 14.5. The normalized spacial score (nSPS) is 13.9. The smallest absolute Gasteiger partial charge is 0.165 e. The van der Waals surface area contributed by atoms with Gasteiger partial charge in [-0.15, -0.1) is 0 Å². The highest BCUT2D eigenvalue weighted by atomic mass is 35.5.